The highest BCUT2D eigenvalue weighted by Gasteiger charge is 2.34. The highest BCUT2D eigenvalue weighted by molar-refractivity contribution is 7.10. The molecule has 2 atom stereocenters. The molecule has 116 valence electrons. The molecule has 0 bridgehead atoms. The highest BCUT2D eigenvalue weighted by Crippen LogP contribution is 2.33. The number of carbonyl (C=O) groups excluding carboxylic acids is 1. The fourth-order valence-electron chi connectivity index (χ4n) is 2.73. The van der Waals surface area contributed by atoms with Crippen molar-refractivity contribution in [1.82, 2.24) is 5.32 Å². The molecule has 2 rings (SSSR count). The lowest BCUT2D eigenvalue weighted by Crippen LogP contribution is -2.49. The molecule has 0 aromatic carbocycles. The van der Waals surface area contributed by atoms with Crippen LogP contribution >= 0.6 is 11.3 Å². The molecule has 0 radical (unpaired) electrons. The van der Waals surface area contributed by atoms with Gasteiger partial charge < -0.3 is 10.4 Å². The number of fused-ring (bicyclic) bond motifs is 1. The van der Waals surface area contributed by atoms with Gasteiger partial charge in [0.2, 0.25) is 0 Å². The first kappa shape index (κ1) is 16.0. The van der Waals surface area contributed by atoms with Crippen LogP contribution in [0.1, 0.15) is 54.9 Å². The van der Waals surface area contributed by atoms with Gasteiger partial charge >= 0.3 is 5.97 Å². The van der Waals surface area contributed by atoms with Gasteiger partial charge in [0.15, 0.2) is 0 Å². The van der Waals surface area contributed by atoms with Crippen LogP contribution in [0.3, 0.4) is 0 Å². The summed E-state index contributed by atoms with van der Waals surface area (Å²) in [5.41, 5.74) is 1.26. The minimum Gasteiger partial charge on any atom is -0.480 e. The maximum Gasteiger partial charge on any atom is 0.326 e. The normalized spacial score (nSPS) is 19.7. The number of carboxylic acids is 1. The summed E-state index contributed by atoms with van der Waals surface area (Å²) in [6.45, 7) is 7.67. The molecular weight excluding hydrogens is 286 g/mol. The number of hydrogen-bond donors (Lipinski definition) is 2. The number of rotatable bonds is 3. The summed E-state index contributed by atoms with van der Waals surface area (Å²) in [7, 11) is 0. The Hall–Kier alpha value is -1.36. The number of carboxylic acid groups (broad SMARTS) is 1. The molecule has 21 heavy (non-hydrogen) atoms. The van der Waals surface area contributed by atoms with E-state index in [4.69, 9.17) is 0 Å². The number of carbonyl (C=O) groups is 2. The lowest BCUT2D eigenvalue weighted by Gasteiger charge is -2.28. The summed E-state index contributed by atoms with van der Waals surface area (Å²) in [5, 5.41) is 13.9. The quantitative estimate of drug-likeness (QED) is 0.901. The van der Waals surface area contributed by atoms with E-state index < -0.39 is 17.4 Å². The number of amides is 1. The van der Waals surface area contributed by atoms with Crippen molar-refractivity contribution in [3.63, 3.8) is 0 Å². The monoisotopic (exact) mass is 309 g/mol. The van der Waals surface area contributed by atoms with Gasteiger partial charge in [-0.3, -0.25) is 4.79 Å². The van der Waals surface area contributed by atoms with Crippen molar-refractivity contribution < 1.29 is 14.7 Å². The molecule has 4 nitrogen and oxygen atoms in total. The van der Waals surface area contributed by atoms with E-state index >= 15 is 0 Å². The molecule has 1 aromatic heterocycles. The molecule has 1 heterocycles. The van der Waals surface area contributed by atoms with E-state index in [0.29, 0.717) is 11.5 Å². The van der Waals surface area contributed by atoms with Crippen molar-refractivity contribution in [2.45, 2.75) is 53.0 Å². The third kappa shape index (κ3) is 3.46. The summed E-state index contributed by atoms with van der Waals surface area (Å²) < 4.78 is 0. The Morgan fingerprint density at radius 2 is 2.10 bits per heavy atom. The molecule has 0 fully saturated rings. The van der Waals surface area contributed by atoms with Gasteiger partial charge in [0, 0.05) is 10.3 Å². The van der Waals surface area contributed by atoms with Crippen LogP contribution in [0.2, 0.25) is 0 Å². The third-order valence-electron chi connectivity index (χ3n) is 4.03. The Bertz CT molecular complexity index is 556. The van der Waals surface area contributed by atoms with E-state index in [1.165, 1.54) is 4.88 Å². The lowest BCUT2D eigenvalue weighted by atomic mass is 9.86. The van der Waals surface area contributed by atoms with Gasteiger partial charge in [-0.05, 0) is 36.2 Å². The van der Waals surface area contributed by atoms with Crippen LogP contribution in [0.4, 0.5) is 0 Å². The second-order valence-corrected chi connectivity index (χ2v) is 7.97. The smallest absolute Gasteiger partial charge is 0.326 e. The van der Waals surface area contributed by atoms with Crippen LogP contribution in [0.5, 0.6) is 0 Å². The van der Waals surface area contributed by atoms with Crippen molar-refractivity contribution in [3.05, 3.63) is 21.4 Å². The Morgan fingerprint density at radius 3 is 2.67 bits per heavy atom. The number of aliphatic carboxylic acids is 1. The second-order valence-electron chi connectivity index (χ2n) is 7.01. The highest BCUT2D eigenvalue weighted by atomic mass is 32.1. The predicted molar refractivity (Wildman–Crippen MR) is 83.9 cm³/mol. The molecule has 1 aliphatic carbocycles. The van der Waals surface area contributed by atoms with Gasteiger partial charge in [-0.25, -0.2) is 4.79 Å². The van der Waals surface area contributed by atoms with Crippen molar-refractivity contribution in [1.29, 1.82) is 0 Å². The van der Waals surface area contributed by atoms with Crippen LogP contribution in [0, 0.1) is 11.3 Å². The predicted octanol–water partition coefficient (Wildman–Crippen LogP) is 3.10. The summed E-state index contributed by atoms with van der Waals surface area (Å²) in [5.74, 6) is -0.591. The molecule has 0 spiro atoms. The van der Waals surface area contributed by atoms with E-state index in [1.807, 2.05) is 26.2 Å². The maximum absolute atomic E-state index is 12.5. The minimum absolute atomic E-state index is 0.260. The SMILES string of the molecule is CC1CCc2c(C(=O)N[C@H](C(=O)O)C(C)(C)C)csc2C1. The Balaban J connectivity index is 2.20. The number of hydrogen-bond acceptors (Lipinski definition) is 3. The van der Waals surface area contributed by atoms with Crippen LogP contribution in [0.25, 0.3) is 0 Å². The van der Waals surface area contributed by atoms with E-state index in [9.17, 15) is 14.7 Å². The summed E-state index contributed by atoms with van der Waals surface area (Å²) >= 11 is 1.62. The summed E-state index contributed by atoms with van der Waals surface area (Å²) in [4.78, 5) is 25.1. The van der Waals surface area contributed by atoms with Crippen molar-refractivity contribution in [2.75, 3.05) is 0 Å². The average Bonchev–Trinajstić information content (AvgIpc) is 2.76. The molecule has 5 heteroatoms. The Labute approximate surface area is 129 Å². The summed E-state index contributed by atoms with van der Waals surface area (Å²) in [6, 6.07) is -0.886. The van der Waals surface area contributed by atoms with Gasteiger partial charge in [-0.2, -0.15) is 0 Å². The van der Waals surface area contributed by atoms with E-state index in [-0.39, 0.29) is 5.91 Å². The van der Waals surface area contributed by atoms with E-state index in [2.05, 4.69) is 12.2 Å². The van der Waals surface area contributed by atoms with Crippen LogP contribution < -0.4 is 5.32 Å². The molecule has 1 aromatic rings. The Kier molecular flexibility index (Phi) is 4.42. The van der Waals surface area contributed by atoms with Gasteiger partial charge in [-0.1, -0.05) is 27.7 Å². The van der Waals surface area contributed by atoms with Crippen molar-refractivity contribution in [2.24, 2.45) is 11.3 Å². The molecule has 2 N–H and O–H groups in total. The van der Waals surface area contributed by atoms with Crippen molar-refractivity contribution >= 4 is 23.2 Å². The first-order valence-electron chi connectivity index (χ1n) is 7.33. The second kappa shape index (κ2) is 5.79. The van der Waals surface area contributed by atoms with Gasteiger partial charge in [0.05, 0.1) is 5.56 Å². The lowest BCUT2D eigenvalue weighted by molar-refractivity contribution is -0.142. The zero-order chi connectivity index (χ0) is 15.8. The number of nitrogens with one attached hydrogen (secondary N) is 1. The van der Waals surface area contributed by atoms with E-state index in [1.54, 1.807) is 11.3 Å². The maximum atomic E-state index is 12.5. The van der Waals surface area contributed by atoms with Crippen LogP contribution in [-0.2, 0) is 17.6 Å². The van der Waals surface area contributed by atoms with E-state index in [0.717, 1.165) is 24.8 Å². The summed E-state index contributed by atoms with van der Waals surface area (Å²) in [6.07, 6.45) is 3.02. The van der Waals surface area contributed by atoms with Gasteiger partial charge in [0.25, 0.3) is 5.91 Å². The Morgan fingerprint density at radius 1 is 1.43 bits per heavy atom. The fourth-order valence-corrected chi connectivity index (χ4v) is 3.97. The molecule has 0 saturated heterocycles. The standard InChI is InChI=1S/C16H23NO3S/c1-9-5-6-10-11(8-21-12(10)7-9)14(18)17-13(15(19)20)16(2,3)4/h8-9,13H,5-7H2,1-4H3,(H,17,18)(H,19,20)/t9?,13-/m1/s1. The van der Waals surface area contributed by atoms with Gasteiger partial charge in [-0.15, -0.1) is 11.3 Å². The largest absolute Gasteiger partial charge is 0.480 e. The molecule has 1 amide bonds. The first-order valence-corrected chi connectivity index (χ1v) is 8.21. The first-order chi connectivity index (χ1) is 9.70. The fraction of sp³-hybridized carbons (Fsp3) is 0.625. The zero-order valence-corrected chi connectivity index (χ0v) is 13.8. The zero-order valence-electron chi connectivity index (χ0n) is 13.0. The topological polar surface area (TPSA) is 66.4 Å². The molecule has 0 aliphatic heterocycles. The molecule has 1 aliphatic rings. The number of thiophene rings is 1. The molecule has 1 unspecified atom stereocenters. The van der Waals surface area contributed by atoms with Gasteiger partial charge in [0.1, 0.15) is 6.04 Å². The minimum atomic E-state index is -0.992. The van der Waals surface area contributed by atoms with Crippen LogP contribution in [-0.4, -0.2) is 23.0 Å². The molecular formula is C16H23NO3S. The third-order valence-corrected chi connectivity index (χ3v) is 5.09. The average molecular weight is 309 g/mol. The van der Waals surface area contributed by atoms with Crippen molar-refractivity contribution in [3.8, 4) is 0 Å². The van der Waals surface area contributed by atoms with Crippen LogP contribution in [0.15, 0.2) is 5.38 Å². The molecule has 0 saturated carbocycles.